The first-order valence-electron chi connectivity index (χ1n) is 6.01. The predicted octanol–water partition coefficient (Wildman–Crippen LogP) is 3.32. The zero-order valence-corrected chi connectivity index (χ0v) is 12.6. The molecule has 2 aromatic rings. The monoisotopic (exact) mass is 320 g/mol. The van der Waals surface area contributed by atoms with Gasteiger partial charge in [0, 0.05) is 4.47 Å². The van der Waals surface area contributed by atoms with Crippen LogP contribution in [0, 0.1) is 6.92 Å². The third-order valence-corrected chi connectivity index (χ3v) is 3.47. The summed E-state index contributed by atoms with van der Waals surface area (Å²) in [6.45, 7) is 2.07. The number of hydrogen-bond acceptors (Lipinski definition) is 3. The minimum absolute atomic E-state index is 0.0397. The maximum Gasteiger partial charge on any atom is 0.118 e. The average molecular weight is 321 g/mol. The Bertz CT molecular complexity index is 534. The minimum atomic E-state index is -0.0397. The second-order valence-electron chi connectivity index (χ2n) is 4.43. The Morgan fingerprint density at radius 2 is 1.79 bits per heavy atom. The lowest BCUT2D eigenvalue weighted by Crippen LogP contribution is -2.28. The molecule has 4 heteroatoms. The Balaban J connectivity index is 2.37. The molecule has 2 aromatic carbocycles. The van der Waals surface area contributed by atoms with Crippen molar-refractivity contribution in [1.29, 1.82) is 0 Å². The van der Waals surface area contributed by atoms with Crippen molar-refractivity contribution in [3.05, 3.63) is 63.6 Å². The van der Waals surface area contributed by atoms with Crippen LogP contribution in [0.25, 0.3) is 0 Å². The van der Waals surface area contributed by atoms with Crippen molar-refractivity contribution >= 4 is 15.9 Å². The number of rotatable bonds is 4. The molecule has 2 rings (SSSR count). The lowest BCUT2D eigenvalue weighted by Gasteiger charge is -2.18. The van der Waals surface area contributed by atoms with Crippen molar-refractivity contribution in [2.45, 2.75) is 13.0 Å². The maximum absolute atomic E-state index is 5.71. The largest absolute Gasteiger partial charge is 0.497 e. The zero-order chi connectivity index (χ0) is 13.8. The molecular weight excluding hydrogens is 304 g/mol. The van der Waals surface area contributed by atoms with Gasteiger partial charge < -0.3 is 4.74 Å². The van der Waals surface area contributed by atoms with Gasteiger partial charge in [-0.25, -0.2) is 5.43 Å². The quantitative estimate of drug-likeness (QED) is 0.671. The fourth-order valence-electron chi connectivity index (χ4n) is 2.11. The molecule has 0 radical (unpaired) electrons. The van der Waals surface area contributed by atoms with E-state index in [2.05, 4.69) is 46.5 Å². The van der Waals surface area contributed by atoms with E-state index < -0.39 is 0 Å². The molecule has 0 saturated carbocycles. The number of methoxy groups -OCH3 is 1. The molecule has 0 aromatic heterocycles. The van der Waals surface area contributed by atoms with Gasteiger partial charge in [-0.2, -0.15) is 0 Å². The molecule has 100 valence electrons. The highest BCUT2D eigenvalue weighted by Gasteiger charge is 2.13. The summed E-state index contributed by atoms with van der Waals surface area (Å²) in [6.07, 6.45) is 0. The molecule has 3 nitrogen and oxygen atoms in total. The SMILES string of the molecule is COc1ccc(C(NN)c2cc(C)cc(Br)c2)cc1. The van der Waals surface area contributed by atoms with Crippen molar-refractivity contribution in [2.75, 3.05) is 7.11 Å². The van der Waals surface area contributed by atoms with Crippen LogP contribution in [0.2, 0.25) is 0 Å². The van der Waals surface area contributed by atoms with Gasteiger partial charge in [-0.3, -0.25) is 5.84 Å². The second kappa shape index (κ2) is 6.19. The number of halogens is 1. The van der Waals surface area contributed by atoms with Crippen molar-refractivity contribution in [1.82, 2.24) is 5.43 Å². The molecule has 0 heterocycles. The van der Waals surface area contributed by atoms with Crippen molar-refractivity contribution < 1.29 is 4.74 Å². The molecule has 0 aliphatic heterocycles. The number of benzene rings is 2. The Hall–Kier alpha value is -1.36. The third kappa shape index (κ3) is 3.35. The molecule has 0 amide bonds. The van der Waals surface area contributed by atoms with E-state index in [1.165, 1.54) is 5.56 Å². The lowest BCUT2D eigenvalue weighted by molar-refractivity contribution is 0.414. The average Bonchev–Trinajstić information content (AvgIpc) is 2.39. The van der Waals surface area contributed by atoms with Crippen molar-refractivity contribution in [2.24, 2.45) is 5.84 Å². The van der Waals surface area contributed by atoms with Crippen LogP contribution in [0.5, 0.6) is 5.75 Å². The van der Waals surface area contributed by atoms with E-state index in [9.17, 15) is 0 Å². The van der Waals surface area contributed by atoms with E-state index >= 15 is 0 Å². The standard InChI is InChI=1S/C15H17BrN2O/c1-10-7-12(9-13(16)8-10)15(18-17)11-3-5-14(19-2)6-4-11/h3-9,15,18H,17H2,1-2H3. The van der Waals surface area contributed by atoms with Crippen LogP contribution < -0.4 is 16.0 Å². The van der Waals surface area contributed by atoms with E-state index in [1.54, 1.807) is 7.11 Å². The molecule has 3 N–H and O–H groups in total. The number of hydrazine groups is 1. The Morgan fingerprint density at radius 1 is 1.11 bits per heavy atom. The third-order valence-electron chi connectivity index (χ3n) is 3.01. The predicted molar refractivity (Wildman–Crippen MR) is 81.0 cm³/mol. The van der Waals surface area contributed by atoms with Crippen LogP contribution in [0.3, 0.4) is 0 Å². The van der Waals surface area contributed by atoms with Crippen LogP contribution in [0.1, 0.15) is 22.7 Å². The van der Waals surface area contributed by atoms with E-state index in [1.807, 2.05) is 24.3 Å². The van der Waals surface area contributed by atoms with Gasteiger partial charge >= 0.3 is 0 Å². The second-order valence-corrected chi connectivity index (χ2v) is 5.35. The van der Waals surface area contributed by atoms with E-state index in [4.69, 9.17) is 10.6 Å². The van der Waals surface area contributed by atoms with Crippen LogP contribution in [0.15, 0.2) is 46.9 Å². The lowest BCUT2D eigenvalue weighted by atomic mass is 9.98. The smallest absolute Gasteiger partial charge is 0.118 e. The molecule has 0 aliphatic rings. The van der Waals surface area contributed by atoms with Gasteiger partial charge in [-0.05, 0) is 47.9 Å². The highest BCUT2D eigenvalue weighted by Crippen LogP contribution is 2.26. The van der Waals surface area contributed by atoms with Crippen LogP contribution in [-0.2, 0) is 0 Å². The molecule has 0 fully saturated rings. The molecule has 0 spiro atoms. The van der Waals surface area contributed by atoms with Crippen LogP contribution in [0.4, 0.5) is 0 Å². The van der Waals surface area contributed by atoms with Crippen LogP contribution in [-0.4, -0.2) is 7.11 Å². The summed E-state index contributed by atoms with van der Waals surface area (Å²) in [4.78, 5) is 0. The Labute approximate surface area is 121 Å². The van der Waals surface area contributed by atoms with Crippen molar-refractivity contribution in [3.63, 3.8) is 0 Å². The van der Waals surface area contributed by atoms with E-state index in [-0.39, 0.29) is 6.04 Å². The topological polar surface area (TPSA) is 47.3 Å². The number of nitrogens with two attached hydrogens (primary N) is 1. The first kappa shape index (κ1) is 14.1. The summed E-state index contributed by atoms with van der Waals surface area (Å²) >= 11 is 3.52. The molecule has 0 saturated heterocycles. The van der Waals surface area contributed by atoms with Gasteiger partial charge in [0.25, 0.3) is 0 Å². The molecule has 1 unspecified atom stereocenters. The van der Waals surface area contributed by atoms with Gasteiger partial charge in [0.05, 0.1) is 13.2 Å². The van der Waals surface area contributed by atoms with E-state index in [0.29, 0.717) is 0 Å². The fourth-order valence-corrected chi connectivity index (χ4v) is 2.74. The minimum Gasteiger partial charge on any atom is -0.497 e. The van der Waals surface area contributed by atoms with Gasteiger partial charge in [-0.1, -0.05) is 34.1 Å². The summed E-state index contributed by atoms with van der Waals surface area (Å²) in [5.74, 6) is 6.55. The number of ether oxygens (including phenoxy) is 1. The van der Waals surface area contributed by atoms with Crippen LogP contribution >= 0.6 is 15.9 Å². The van der Waals surface area contributed by atoms with Gasteiger partial charge in [-0.15, -0.1) is 0 Å². The Kier molecular flexibility index (Phi) is 4.58. The fraction of sp³-hybridized carbons (Fsp3) is 0.200. The number of aryl methyl sites for hydroxylation is 1. The molecule has 0 bridgehead atoms. The van der Waals surface area contributed by atoms with Gasteiger partial charge in [0.2, 0.25) is 0 Å². The zero-order valence-electron chi connectivity index (χ0n) is 11.0. The highest BCUT2D eigenvalue weighted by atomic mass is 79.9. The summed E-state index contributed by atoms with van der Waals surface area (Å²) in [7, 11) is 1.66. The van der Waals surface area contributed by atoms with E-state index in [0.717, 1.165) is 21.3 Å². The summed E-state index contributed by atoms with van der Waals surface area (Å²) in [5, 5.41) is 0. The normalized spacial score (nSPS) is 12.2. The highest BCUT2D eigenvalue weighted by molar-refractivity contribution is 9.10. The first-order valence-corrected chi connectivity index (χ1v) is 6.80. The summed E-state index contributed by atoms with van der Waals surface area (Å²) < 4.78 is 6.22. The Morgan fingerprint density at radius 3 is 2.32 bits per heavy atom. The molecular formula is C15H17BrN2O. The number of hydrogen-bond donors (Lipinski definition) is 2. The summed E-state index contributed by atoms with van der Waals surface area (Å²) in [5.41, 5.74) is 6.28. The molecule has 19 heavy (non-hydrogen) atoms. The maximum atomic E-state index is 5.71. The molecule has 1 atom stereocenters. The van der Waals surface area contributed by atoms with Gasteiger partial charge in [0.1, 0.15) is 5.75 Å². The first-order chi connectivity index (χ1) is 9.13. The summed E-state index contributed by atoms with van der Waals surface area (Å²) in [6, 6.07) is 14.1. The molecule has 0 aliphatic carbocycles. The van der Waals surface area contributed by atoms with Crippen molar-refractivity contribution in [3.8, 4) is 5.75 Å². The number of nitrogens with one attached hydrogen (secondary N) is 1. The van der Waals surface area contributed by atoms with Gasteiger partial charge in [0.15, 0.2) is 0 Å².